The number of aliphatic hydroxyl groups excluding tert-OH is 1. The summed E-state index contributed by atoms with van der Waals surface area (Å²) in [6.45, 7) is 1.00. The molecule has 0 saturated carbocycles. The quantitative estimate of drug-likeness (QED) is 0.866. The van der Waals surface area contributed by atoms with E-state index >= 15 is 0 Å². The van der Waals surface area contributed by atoms with Gasteiger partial charge in [-0.1, -0.05) is 17.7 Å². The third-order valence-corrected chi connectivity index (χ3v) is 3.56. The maximum Gasteiger partial charge on any atom is 0.141 e. The summed E-state index contributed by atoms with van der Waals surface area (Å²) >= 11 is 5.77. The Kier molecular flexibility index (Phi) is 3.68. The van der Waals surface area contributed by atoms with Crippen molar-refractivity contribution in [2.75, 3.05) is 26.9 Å². The first-order chi connectivity index (χ1) is 8.13. The molecule has 1 aromatic carbocycles. The van der Waals surface area contributed by atoms with E-state index in [1.807, 2.05) is 0 Å². The van der Waals surface area contributed by atoms with E-state index in [1.165, 1.54) is 6.07 Å². The fourth-order valence-corrected chi connectivity index (χ4v) is 2.42. The summed E-state index contributed by atoms with van der Waals surface area (Å²) in [5.74, 6) is -0.437. The second kappa shape index (κ2) is 4.90. The van der Waals surface area contributed by atoms with Crippen molar-refractivity contribution >= 4 is 11.6 Å². The Bertz CT molecular complexity index is 404. The Morgan fingerprint density at radius 2 is 2.29 bits per heavy atom. The van der Waals surface area contributed by atoms with Crippen LogP contribution >= 0.6 is 11.6 Å². The number of aliphatic hydroxyl groups is 1. The third kappa shape index (κ3) is 2.18. The first-order valence-electron chi connectivity index (χ1n) is 5.44. The fraction of sp³-hybridized carbons (Fsp3) is 0.500. The van der Waals surface area contributed by atoms with E-state index in [0.717, 1.165) is 5.56 Å². The fourth-order valence-electron chi connectivity index (χ4n) is 2.23. The highest BCUT2D eigenvalue weighted by atomic mass is 35.5. The molecule has 1 unspecified atom stereocenters. The standard InChI is InChI=1S/C12H15ClFNO2/c1-15-11(12(5-16)6-17-7-12)8-2-3-10(14)9(13)4-8/h2-4,11,15-16H,5-7H2,1H3. The lowest BCUT2D eigenvalue weighted by Crippen LogP contribution is -2.53. The summed E-state index contributed by atoms with van der Waals surface area (Å²) < 4.78 is 18.3. The van der Waals surface area contributed by atoms with Crippen molar-refractivity contribution in [3.63, 3.8) is 0 Å². The zero-order chi connectivity index (χ0) is 12.5. The molecule has 1 aliphatic rings. The van der Waals surface area contributed by atoms with Gasteiger partial charge < -0.3 is 15.2 Å². The average Bonchev–Trinajstić information content (AvgIpc) is 2.27. The van der Waals surface area contributed by atoms with Crippen LogP contribution in [0.1, 0.15) is 11.6 Å². The lowest BCUT2D eigenvalue weighted by atomic mass is 9.76. The Hall–Kier alpha value is -0.680. The van der Waals surface area contributed by atoms with Crippen LogP contribution in [0.15, 0.2) is 18.2 Å². The molecule has 0 radical (unpaired) electrons. The molecule has 0 aliphatic carbocycles. The van der Waals surface area contributed by atoms with Gasteiger partial charge in [0.1, 0.15) is 5.82 Å². The summed E-state index contributed by atoms with van der Waals surface area (Å²) in [5.41, 5.74) is 0.520. The van der Waals surface area contributed by atoms with Gasteiger partial charge >= 0.3 is 0 Å². The van der Waals surface area contributed by atoms with Gasteiger partial charge in [0.15, 0.2) is 0 Å². The van der Waals surface area contributed by atoms with Crippen molar-refractivity contribution in [3.8, 4) is 0 Å². The molecule has 5 heteroatoms. The molecule has 2 N–H and O–H groups in total. The van der Waals surface area contributed by atoms with Crippen molar-refractivity contribution in [3.05, 3.63) is 34.6 Å². The van der Waals surface area contributed by atoms with Crippen LogP contribution in [0.25, 0.3) is 0 Å². The molecule has 0 amide bonds. The minimum absolute atomic E-state index is 0.0213. The molecule has 3 nitrogen and oxygen atoms in total. The maximum absolute atomic E-state index is 13.1. The number of ether oxygens (including phenoxy) is 1. The second-order valence-electron chi connectivity index (χ2n) is 4.41. The van der Waals surface area contributed by atoms with Gasteiger partial charge in [-0.3, -0.25) is 0 Å². The van der Waals surface area contributed by atoms with E-state index in [0.29, 0.717) is 13.2 Å². The van der Waals surface area contributed by atoms with Crippen LogP contribution in [0.2, 0.25) is 5.02 Å². The molecule has 1 fully saturated rings. The van der Waals surface area contributed by atoms with Gasteiger partial charge in [-0.25, -0.2) is 4.39 Å². The molecule has 0 spiro atoms. The normalized spacial score (nSPS) is 19.8. The van der Waals surface area contributed by atoms with E-state index in [4.69, 9.17) is 16.3 Å². The highest BCUT2D eigenvalue weighted by molar-refractivity contribution is 6.30. The summed E-state index contributed by atoms with van der Waals surface area (Å²) in [6, 6.07) is 4.51. The molecule has 1 aromatic rings. The lowest BCUT2D eigenvalue weighted by molar-refractivity contribution is -0.155. The van der Waals surface area contributed by atoms with Gasteiger partial charge in [-0.2, -0.15) is 0 Å². The second-order valence-corrected chi connectivity index (χ2v) is 4.82. The van der Waals surface area contributed by atoms with Crippen LogP contribution in [0, 0.1) is 11.2 Å². The van der Waals surface area contributed by atoms with Crippen LogP contribution in [0.4, 0.5) is 4.39 Å². The number of benzene rings is 1. The zero-order valence-electron chi connectivity index (χ0n) is 9.54. The van der Waals surface area contributed by atoms with Crippen LogP contribution in [-0.4, -0.2) is 32.0 Å². The van der Waals surface area contributed by atoms with Crippen LogP contribution < -0.4 is 5.32 Å². The summed E-state index contributed by atoms with van der Waals surface area (Å²) in [7, 11) is 1.80. The minimum atomic E-state index is -0.437. The van der Waals surface area contributed by atoms with E-state index in [-0.39, 0.29) is 23.1 Å². The van der Waals surface area contributed by atoms with Crippen LogP contribution in [0.3, 0.4) is 0 Å². The Morgan fingerprint density at radius 1 is 1.59 bits per heavy atom. The zero-order valence-corrected chi connectivity index (χ0v) is 10.3. The first kappa shape index (κ1) is 12.8. The molecule has 1 saturated heterocycles. The molecule has 0 bridgehead atoms. The smallest absolute Gasteiger partial charge is 0.141 e. The molecule has 1 aliphatic heterocycles. The van der Waals surface area contributed by atoms with Crippen molar-refractivity contribution < 1.29 is 14.2 Å². The molecule has 2 rings (SSSR count). The van der Waals surface area contributed by atoms with E-state index in [1.54, 1.807) is 19.2 Å². The molecule has 1 heterocycles. The van der Waals surface area contributed by atoms with E-state index < -0.39 is 5.82 Å². The molecule has 1 atom stereocenters. The predicted molar refractivity (Wildman–Crippen MR) is 63.5 cm³/mol. The number of nitrogens with one attached hydrogen (secondary N) is 1. The molecule has 94 valence electrons. The molecule has 17 heavy (non-hydrogen) atoms. The SMILES string of the molecule is CNC(c1ccc(F)c(Cl)c1)C1(CO)COC1. The Balaban J connectivity index is 2.31. The molecular weight excluding hydrogens is 245 g/mol. The highest BCUT2D eigenvalue weighted by Gasteiger charge is 2.45. The Morgan fingerprint density at radius 3 is 2.71 bits per heavy atom. The van der Waals surface area contributed by atoms with Gasteiger partial charge in [0.05, 0.1) is 30.3 Å². The highest BCUT2D eigenvalue weighted by Crippen LogP contribution is 2.40. The van der Waals surface area contributed by atoms with Gasteiger partial charge in [0, 0.05) is 6.04 Å². The average molecular weight is 260 g/mol. The topological polar surface area (TPSA) is 41.5 Å². The number of hydrogen-bond acceptors (Lipinski definition) is 3. The van der Waals surface area contributed by atoms with Gasteiger partial charge in [-0.05, 0) is 24.7 Å². The van der Waals surface area contributed by atoms with Crippen molar-refractivity contribution in [2.24, 2.45) is 5.41 Å². The maximum atomic E-state index is 13.1. The minimum Gasteiger partial charge on any atom is -0.396 e. The van der Waals surface area contributed by atoms with Gasteiger partial charge in [0.25, 0.3) is 0 Å². The molecule has 0 aromatic heterocycles. The van der Waals surface area contributed by atoms with E-state index in [2.05, 4.69) is 5.32 Å². The van der Waals surface area contributed by atoms with Crippen molar-refractivity contribution in [2.45, 2.75) is 6.04 Å². The third-order valence-electron chi connectivity index (χ3n) is 3.27. The van der Waals surface area contributed by atoms with Crippen molar-refractivity contribution in [1.82, 2.24) is 5.32 Å². The van der Waals surface area contributed by atoms with Crippen LogP contribution in [-0.2, 0) is 4.74 Å². The number of halogens is 2. The summed E-state index contributed by atoms with van der Waals surface area (Å²) in [4.78, 5) is 0. The van der Waals surface area contributed by atoms with Gasteiger partial charge in [-0.15, -0.1) is 0 Å². The van der Waals surface area contributed by atoms with Gasteiger partial charge in [0.2, 0.25) is 0 Å². The summed E-state index contributed by atoms with van der Waals surface area (Å²) in [5, 5.41) is 12.7. The number of rotatable bonds is 4. The Labute approximate surface area is 105 Å². The largest absolute Gasteiger partial charge is 0.396 e. The lowest BCUT2D eigenvalue weighted by Gasteiger charge is -2.46. The summed E-state index contributed by atoms with van der Waals surface area (Å²) in [6.07, 6.45) is 0. The first-order valence-corrected chi connectivity index (χ1v) is 5.81. The number of hydrogen-bond donors (Lipinski definition) is 2. The van der Waals surface area contributed by atoms with Crippen molar-refractivity contribution in [1.29, 1.82) is 0 Å². The predicted octanol–water partition coefficient (Wildman–Crippen LogP) is 1.75. The molecular formula is C12H15ClFNO2. The monoisotopic (exact) mass is 259 g/mol. The van der Waals surface area contributed by atoms with E-state index in [9.17, 15) is 9.50 Å². The van der Waals surface area contributed by atoms with Crippen LogP contribution in [0.5, 0.6) is 0 Å².